The Balaban J connectivity index is 1.25. The maximum Gasteiger partial charge on any atom is 0.253 e. The first kappa shape index (κ1) is 21.2. The van der Waals surface area contributed by atoms with Gasteiger partial charge in [-0.05, 0) is 55.2 Å². The Bertz CT molecular complexity index is 1170. The smallest absolute Gasteiger partial charge is 0.253 e. The molecule has 8 heteroatoms. The van der Waals surface area contributed by atoms with Crippen molar-refractivity contribution in [1.82, 2.24) is 15.1 Å². The summed E-state index contributed by atoms with van der Waals surface area (Å²) in [5, 5.41) is 6.78. The summed E-state index contributed by atoms with van der Waals surface area (Å²) in [6, 6.07) is 12.2. The van der Waals surface area contributed by atoms with Crippen LogP contribution >= 0.6 is 0 Å². The molecule has 2 fully saturated rings. The Kier molecular flexibility index (Phi) is 5.36. The van der Waals surface area contributed by atoms with Crippen LogP contribution in [-0.2, 0) is 4.79 Å². The van der Waals surface area contributed by atoms with E-state index < -0.39 is 11.2 Å². The minimum atomic E-state index is -0.558. The van der Waals surface area contributed by atoms with E-state index in [1.54, 1.807) is 17.2 Å². The van der Waals surface area contributed by atoms with Crippen LogP contribution in [0.25, 0.3) is 11.1 Å². The normalized spacial score (nSPS) is 17.6. The number of methoxy groups -OCH3 is 1. The lowest BCUT2D eigenvalue weighted by Gasteiger charge is -2.38. The number of aromatic amines is 1. The van der Waals surface area contributed by atoms with Gasteiger partial charge in [-0.15, -0.1) is 0 Å². The number of carbonyl (C=O) groups is 2. The van der Waals surface area contributed by atoms with Gasteiger partial charge in [0.05, 0.1) is 18.7 Å². The molecular weight excluding hydrogens is 423 g/mol. The second kappa shape index (κ2) is 8.35. The number of H-pyrrole nitrogens is 1. The summed E-state index contributed by atoms with van der Waals surface area (Å²) in [5.41, 5.74) is 2.78. The molecule has 33 heavy (non-hydrogen) atoms. The third kappa shape index (κ3) is 3.75. The van der Waals surface area contributed by atoms with Gasteiger partial charge in [-0.1, -0.05) is 12.1 Å². The molecule has 0 bridgehead atoms. The highest BCUT2D eigenvalue weighted by Gasteiger charge is 2.49. The Morgan fingerprint density at radius 2 is 1.79 bits per heavy atom. The first-order chi connectivity index (χ1) is 16.0. The minimum absolute atomic E-state index is 0.110. The van der Waals surface area contributed by atoms with Gasteiger partial charge in [0.15, 0.2) is 11.6 Å². The molecule has 5 rings (SSSR count). The van der Waals surface area contributed by atoms with Gasteiger partial charge in [0.25, 0.3) is 5.91 Å². The quantitative estimate of drug-likeness (QED) is 0.657. The molecule has 3 aromatic rings. The number of piperidine rings is 1. The van der Waals surface area contributed by atoms with E-state index in [-0.39, 0.29) is 17.6 Å². The molecule has 3 heterocycles. The molecule has 2 amide bonds. The zero-order valence-electron chi connectivity index (χ0n) is 18.4. The number of halogens is 1. The molecular formula is C25H25FN4O3. The van der Waals surface area contributed by atoms with Crippen molar-refractivity contribution >= 4 is 17.5 Å². The van der Waals surface area contributed by atoms with Crippen molar-refractivity contribution in [2.45, 2.75) is 19.3 Å². The number of anilines is 1. The van der Waals surface area contributed by atoms with Gasteiger partial charge in [-0.3, -0.25) is 14.7 Å². The fourth-order valence-electron chi connectivity index (χ4n) is 4.89. The van der Waals surface area contributed by atoms with Crippen molar-refractivity contribution in [1.29, 1.82) is 0 Å². The highest BCUT2D eigenvalue weighted by molar-refractivity contribution is 6.00. The lowest BCUT2D eigenvalue weighted by molar-refractivity contribution is -0.127. The first-order valence-electron chi connectivity index (χ1n) is 11.0. The van der Waals surface area contributed by atoms with E-state index in [9.17, 15) is 14.0 Å². The fourth-order valence-corrected chi connectivity index (χ4v) is 4.89. The average Bonchev–Trinajstić information content (AvgIpc) is 3.49. The molecule has 1 N–H and O–H groups in total. The lowest BCUT2D eigenvalue weighted by atomic mass is 9.77. The fraction of sp³-hybridized carbons (Fsp3) is 0.320. The van der Waals surface area contributed by atoms with Gasteiger partial charge < -0.3 is 14.5 Å². The number of aromatic nitrogens is 2. The van der Waals surface area contributed by atoms with Gasteiger partial charge in [0.2, 0.25) is 5.91 Å². The van der Waals surface area contributed by atoms with Crippen LogP contribution in [0.3, 0.4) is 0 Å². The van der Waals surface area contributed by atoms with Crippen molar-refractivity contribution in [3.05, 3.63) is 66.2 Å². The molecule has 2 aliphatic rings. The lowest BCUT2D eigenvalue weighted by Crippen LogP contribution is -2.46. The molecule has 2 aliphatic heterocycles. The van der Waals surface area contributed by atoms with Crippen molar-refractivity contribution in [2.24, 2.45) is 5.41 Å². The monoisotopic (exact) mass is 448 g/mol. The number of hydrogen-bond donors (Lipinski definition) is 1. The number of amides is 2. The number of hydrogen-bond acceptors (Lipinski definition) is 4. The Morgan fingerprint density at radius 1 is 1.06 bits per heavy atom. The summed E-state index contributed by atoms with van der Waals surface area (Å²) in [5.74, 6) is -0.541. The average molecular weight is 448 g/mol. The molecule has 0 radical (unpaired) electrons. The number of nitrogens with one attached hydrogen (secondary N) is 1. The van der Waals surface area contributed by atoms with Crippen molar-refractivity contribution in [3.8, 4) is 16.9 Å². The maximum atomic E-state index is 14.0. The Morgan fingerprint density at radius 3 is 2.42 bits per heavy atom. The molecule has 2 aromatic carbocycles. The van der Waals surface area contributed by atoms with Crippen LogP contribution in [0.1, 0.15) is 29.6 Å². The van der Waals surface area contributed by atoms with Crippen LogP contribution in [-0.4, -0.2) is 53.7 Å². The van der Waals surface area contributed by atoms with E-state index in [1.165, 1.54) is 19.2 Å². The number of carbonyl (C=O) groups excluding carboxylic acids is 2. The number of likely N-dealkylation sites (tertiary alicyclic amines) is 1. The van der Waals surface area contributed by atoms with Crippen molar-refractivity contribution < 1.29 is 18.7 Å². The third-order valence-electron chi connectivity index (χ3n) is 6.93. The van der Waals surface area contributed by atoms with Gasteiger partial charge in [0.1, 0.15) is 0 Å². The number of benzene rings is 2. The molecule has 0 aliphatic carbocycles. The standard InChI is InChI=1S/C25H25FN4O3/c1-33-22-7-4-18(14-21(22)26)23(31)29-11-8-25(9-12-29)10-13-30(24(25)32)20-5-2-17(3-6-20)19-15-27-28-16-19/h2-7,14-16H,8-13H2,1H3,(H,27,28). The van der Waals surface area contributed by atoms with E-state index in [1.807, 2.05) is 35.4 Å². The van der Waals surface area contributed by atoms with Crippen molar-refractivity contribution in [3.63, 3.8) is 0 Å². The first-order valence-corrected chi connectivity index (χ1v) is 11.0. The Hall–Kier alpha value is -3.68. The van der Waals surface area contributed by atoms with Crippen LogP contribution in [0.4, 0.5) is 10.1 Å². The highest BCUT2D eigenvalue weighted by atomic mass is 19.1. The van der Waals surface area contributed by atoms with E-state index in [0.717, 1.165) is 23.2 Å². The molecule has 0 atom stereocenters. The van der Waals surface area contributed by atoms with E-state index in [2.05, 4.69) is 10.2 Å². The zero-order chi connectivity index (χ0) is 23.0. The maximum absolute atomic E-state index is 14.0. The summed E-state index contributed by atoms with van der Waals surface area (Å²) in [4.78, 5) is 29.8. The molecule has 0 saturated carbocycles. The highest BCUT2D eigenvalue weighted by Crippen LogP contribution is 2.43. The van der Waals surface area contributed by atoms with Gasteiger partial charge in [0, 0.05) is 42.6 Å². The van der Waals surface area contributed by atoms with Crippen LogP contribution in [0, 0.1) is 11.2 Å². The van der Waals surface area contributed by atoms with Crippen LogP contribution in [0.15, 0.2) is 54.9 Å². The van der Waals surface area contributed by atoms with E-state index >= 15 is 0 Å². The molecule has 0 unspecified atom stereocenters. The minimum Gasteiger partial charge on any atom is -0.494 e. The Labute approximate surface area is 191 Å². The number of nitrogens with zero attached hydrogens (tertiary/aromatic N) is 3. The molecule has 1 spiro atoms. The SMILES string of the molecule is COc1ccc(C(=O)N2CCC3(CC2)CCN(c2ccc(-c4cn[nH]c4)cc2)C3=O)cc1F. The molecule has 1 aromatic heterocycles. The summed E-state index contributed by atoms with van der Waals surface area (Å²) < 4.78 is 19.0. The number of rotatable bonds is 4. The third-order valence-corrected chi connectivity index (χ3v) is 6.93. The number of ether oxygens (including phenoxy) is 1. The predicted octanol–water partition coefficient (Wildman–Crippen LogP) is 3.88. The second-order valence-corrected chi connectivity index (χ2v) is 8.66. The van der Waals surface area contributed by atoms with Crippen LogP contribution < -0.4 is 9.64 Å². The summed E-state index contributed by atoms with van der Waals surface area (Å²) in [7, 11) is 1.39. The zero-order valence-corrected chi connectivity index (χ0v) is 18.4. The largest absolute Gasteiger partial charge is 0.494 e. The molecule has 2 saturated heterocycles. The summed E-state index contributed by atoms with van der Waals surface area (Å²) in [6.07, 6.45) is 5.59. The summed E-state index contributed by atoms with van der Waals surface area (Å²) >= 11 is 0. The molecule has 7 nitrogen and oxygen atoms in total. The molecule has 170 valence electrons. The van der Waals surface area contributed by atoms with E-state index in [0.29, 0.717) is 38.0 Å². The van der Waals surface area contributed by atoms with Gasteiger partial charge in [-0.2, -0.15) is 5.10 Å². The predicted molar refractivity (Wildman–Crippen MR) is 122 cm³/mol. The second-order valence-electron chi connectivity index (χ2n) is 8.66. The van der Waals surface area contributed by atoms with E-state index in [4.69, 9.17) is 4.74 Å². The van der Waals surface area contributed by atoms with Gasteiger partial charge >= 0.3 is 0 Å². The van der Waals surface area contributed by atoms with Crippen LogP contribution in [0.2, 0.25) is 0 Å². The topological polar surface area (TPSA) is 78.5 Å². The van der Waals surface area contributed by atoms with Gasteiger partial charge in [-0.25, -0.2) is 4.39 Å². The summed E-state index contributed by atoms with van der Waals surface area (Å²) in [6.45, 7) is 1.62. The van der Waals surface area contributed by atoms with Crippen molar-refractivity contribution in [2.75, 3.05) is 31.6 Å². The van der Waals surface area contributed by atoms with Crippen LogP contribution in [0.5, 0.6) is 5.75 Å².